The third-order valence-corrected chi connectivity index (χ3v) is 13.9. The number of phenols is 1. The minimum absolute atomic E-state index is 0. The molecule has 1 aliphatic carbocycles. The van der Waals surface area contributed by atoms with E-state index in [0.29, 0.717) is 45.6 Å². The molecule has 0 radical (unpaired) electrons. The monoisotopic (exact) mass is 1050 g/mol. The molecule has 3 unspecified atom stereocenters. The van der Waals surface area contributed by atoms with Crippen molar-refractivity contribution in [1.82, 2.24) is 14.5 Å². The number of hydrogen-bond acceptors (Lipinski definition) is 3. The molecular formula is C60H70N3OPt-. The molecule has 0 saturated heterocycles. The molecule has 65 heavy (non-hydrogen) atoms. The molecule has 0 amide bonds. The summed E-state index contributed by atoms with van der Waals surface area (Å²) in [5.74, 6) is 1.20. The molecule has 8 rings (SSSR count). The predicted octanol–water partition coefficient (Wildman–Crippen LogP) is 16.6. The van der Waals surface area contributed by atoms with Crippen LogP contribution in [0, 0.1) is 43.4 Å². The van der Waals surface area contributed by atoms with Gasteiger partial charge in [0.2, 0.25) is 0 Å². The van der Waals surface area contributed by atoms with Gasteiger partial charge in [0.1, 0.15) is 11.6 Å². The van der Waals surface area contributed by atoms with Gasteiger partial charge in [-0.15, -0.1) is 29.3 Å². The number of hydrogen-bond donors (Lipinski definition) is 1. The predicted molar refractivity (Wildman–Crippen MR) is 271 cm³/mol. The SMILES string of the molecule is [2H]C([2H])([2H])c1ccc(-c2ccnc(-c3[c-]c(-c4cccc5c4nc(-c4cc(C(C)C)cc(C(C)C)c4O)n5-c4ccc(C5CC(C(C)C)CC(C([2H])(C)C)C5)cc4C([2H])([2H])[2H])cc(C(C)(C)C)c3)c2)cc1.[Pt]. The van der Waals surface area contributed by atoms with Crippen LogP contribution in [0.2, 0.25) is 0 Å². The van der Waals surface area contributed by atoms with Gasteiger partial charge < -0.3 is 5.11 Å². The summed E-state index contributed by atoms with van der Waals surface area (Å²) in [6, 6.07) is 34.8. The minimum atomic E-state index is -2.51. The van der Waals surface area contributed by atoms with Gasteiger partial charge in [0, 0.05) is 42.6 Å². The Kier molecular flexibility index (Phi) is 11.6. The topological polar surface area (TPSA) is 50.9 Å². The van der Waals surface area contributed by atoms with Crippen LogP contribution in [0.15, 0.2) is 103 Å². The standard InChI is InChI=1S/C60H70N3O.Pt/c1-35(2)44-26-45(36(3)4)28-47(27-44)42-21-22-55(40(10)25-42)63-56-16-14-15-51(57(56)62-59(63)53-33-46(37(5)6)32-52(38(7)8)58(53)64)48-29-49(31-50(30-48)60(11,12)13)54-34-43(23-24-61-54)41-19-17-39(9)18-20-41;/h14-25,30-38,44-45,47,64H,26-28H2,1-13H3;/q-1;/i9D3,10D3,35D;. The van der Waals surface area contributed by atoms with Crippen molar-refractivity contribution in [2.24, 2.45) is 23.6 Å². The van der Waals surface area contributed by atoms with Crippen molar-refractivity contribution in [2.75, 3.05) is 0 Å². The maximum Gasteiger partial charge on any atom is 0.148 e. The van der Waals surface area contributed by atoms with Crippen molar-refractivity contribution < 1.29 is 35.8 Å². The molecule has 5 aromatic carbocycles. The van der Waals surface area contributed by atoms with Crippen LogP contribution in [0.25, 0.3) is 61.6 Å². The summed E-state index contributed by atoms with van der Waals surface area (Å²) >= 11 is 0. The maximum atomic E-state index is 12.3. The van der Waals surface area contributed by atoms with Gasteiger partial charge in [-0.05, 0) is 137 Å². The summed E-state index contributed by atoms with van der Waals surface area (Å²) in [6.07, 6.45) is 4.51. The number of aromatic hydroxyl groups is 1. The molecule has 1 fully saturated rings. The van der Waals surface area contributed by atoms with Gasteiger partial charge in [-0.2, -0.15) is 0 Å². The van der Waals surface area contributed by atoms with Crippen molar-refractivity contribution in [1.29, 1.82) is 0 Å². The van der Waals surface area contributed by atoms with Crippen LogP contribution in [-0.4, -0.2) is 19.6 Å². The smallest absolute Gasteiger partial charge is 0.148 e. The third kappa shape index (κ3) is 9.86. The molecule has 7 aromatic rings. The third-order valence-electron chi connectivity index (χ3n) is 13.9. The Hall–Kier alpha value is -4.79. The van der Waals surface area contributed by atoms with Gasteiger partial charge in [-0.1, -0.05) is 154 Å². The van der Waals surface area contributed by atoms with Gasteiger partial charge in [0.15, 0.2) is 0 Å². The minimum Gasteiger partial charge on any atom is -0.507 e. The molecule has 0 spiro atoms. The average molecular weight is 1050 g/mol. The summed E-state index contributed by atoms with van der Waals surface area (Å²) in [6.45, 7) is 18.7. The zero-order valence-electron chi connectivity index (χ0n) is 47.0. The first-order valence-electron chi connectivity index (χ1n) is 26.8. The van der Waals surface area contributed by atoms with E-state index < -0.39 is 19.6 Å². The summed E-state index contributed by atoms with van der Waals surface area (Å²) in [7, 11) is 0. The van der Waals surface area contributed by atoms with Gasteiger partial charge in [-0.3, -0.25) is 9.55 Å². The summed E-state index contributed by atoms with van der Waals surface area (Å²) in [5.41, 5.74) is 11.2. The number of aromatic nitrogens is 3. The number of phenolic OH excluding ortho intramolecular Hbond substituents is 1. The molecule has 0 aliphatic heterocycles. The van der Waals surface area contributed by atoms with E-state index in [1.807, 2.05) is 79.1 Å². The first-order valence-corrected chi connectivity index (χ1v) is 23.3. The number of fused-ring (bicyclic) bond motifs is 1. The molecule has 0 bridgehead atoms. The number of benzene rings is 5. The molecule has 5 heteroatoms. The largest absolute Gasteiger partial charge is 0.507 e. The van der Waals surface area contributed by atoms with E-state index in [1.165, 1.54) is 0 Å². The van der Waals surface area contributed by atoms with Crippen molar-refractivity contribution in [3.63, 3.8) is 0 Å². The Morgan fingerprint density at radius 2 is 1.49 bits per heavy atom. The molecule has 4 nitrogen and oxygen atoms in total. The number of pyridine rings is 1. The van der Waals surface area contributed by atoms with Crippen molar-refractivity contribution in [3.05, 3.63) is 143 Å². The Morgan fingerprint density at radius 3 is 2.15 bits per heavy atom. The summed E-state index contributed by atoms with van der Waals surface area (Å²) in [5, 5.41) is 12.3. The van der Waals surface area contributed by atoms with Crippen LogP contribution in [0.5, 0.6) is 5.75 Å². The van der Waals surface area contributed by atoms with E-state index >= 15 is 0 Å². The van der Waals surface area contributed by atoms with Gasteiger partial charge in [-0.25, -0.2) is 4.98 Å². The quantitative estimate of drug-likeness (QED) is 0.139. The molecule has 3 atom stereocenters. The van der Waals surface area contributed by atoms with Crippen LogP contribution < -0.4 is 0 Å². The zero-order chi connectivity index (χ0) is 51.7. The van der Waals surface area contributed by atoms with E-state index in [4.69, 9.17) is 19.6 Å². The second-order valence-corrected chi connectivity index (χ2v) is 20.7. The fraction of sp³-hybridized carbons (Fsp3) is 0.400. The van der Waals surface area contributed by atoms with Crippen molar-refractivity contribution in [2.45, 2.75) is 132 Å². The molecular weight excluding hydrogens is 974 g/mol. The number of rotatable bonds is 10. The second-order valence-electron chi connectivity index (χ2n) is 20.7. The number of aryl methyl sites for hydroxylation is 2. The second kappa shape index (κ2) is 19.2. The van der Waals surface area contributed by atoms with E-state index in [-0.39, 0.29) is 67.0 Å². The molecule has 2 aromatic heterocycles. The van der Waals surface area contributed by atoms with Gasteiger partial charge >= 0.3 is 0 Å². The molecule has 1 saturated carbocycles. The van der Waals surface area contributed by atoms with Gasteiger partial charge in [0.05, 0.1) is 22.3 Å². The summed E-state index contributed by atoms with van der Waals surface area (Å²) < 4.78 is 62.0. The van der Waals surface area contributed by atoms with Crippen LogP contribution >= 0.6 is 0 Å². The van der Waals surface area contributed by atoms with Crippen LogP contribution in [0.4, 0.5) is 0 Å². The molecule has 1 N–H and O–H groups in total. The van der Waals surface area contributed by atoms with Crippen LogP contribution in [-0.2, 0) is 26.5 Å². The number of imidazole rings is 1. The number of para-hydroxylation sites is 1. The van der Waals surface area contributed by atoms with Crippen LogP contribution in [0.3, 0.4) is 0 Å². The first-order chi connectivity index (χ1) is 33.1. The van der Waals surface area contributed by atoms with Crippen molar-refractivity contribution in [3.8, 4) is 56.3 Å². The molecule has 342 valence electrons. The zero-order valence-corrected chi connectivity index (χ0v) is 42.3. The summed E-state index contributed by atoms with van der Waals surface area (Å²) in [4.78, 5) is 10.3. The first kappa shape index (κ1) is 39.4. The van der Waals surface area contributed by atoms with E-state index in [2.05, 4.69) is 92.6 Å². The maximum absolute atomic E-state index is 12.3. The van der Waals surface area contributed by atoms with E-state index in [0.717, 1.165) is 69.3 Å². The van der Waals surface area contributed by atoms with Gasteiger partial charge in [0.25, 0.3) is 0 Å². The Morgan fingerprint density at radius 1 is 0.754 bits per heavy atom. The van der Waals surface area contributed by atoms with Crippen LogP contribution in [0.1, 0.15) is 156 Å². The fourth-order valence-electron chi connectivity index (χ4n) is 9.72. The fourth-order valence-corrected chi connectivity index (χ4v) is 9.72. The molecule has 2 heterocycles. The van der Waals surface area contributed by atoms with E-state index in [1.54, 1.807) is 18.3 Å². The number of nitrogens with zero attached hydrogens (tertiary/aromatic N) is 3. The van der Waals surface area contributed by atoms with Crippen molar-refractivity contribution >= 4 is 11.0 Å². The molecule has 1 aliphatic rings. The Balaban J connectivity index is 0.00000760. The van der Waals surface area contributed by atoms with E-state index in [9.17, 15) is 5.11 Å². The Labute approximate surface area is 414 Å². The normalized spacial score (nSPS) is 19.0. The average Bonchev–Trinajstić information content (AvgIpc) is 3.69. The Bertz CT molecular complexity index is 3080.